The van der Waals surface area contributed by atoms with Gasteiger partial charge in [0.25, 0.3) is 0 Å². The molecule has 0 aromatic carbocycles. The number of carbonyl (C=O) groups excluding carboxylic acids is 1. The predicted molar refractivity (Wildman–Crippen MR) is 31.1 cm³/mol. The van der Waals surface area contributed by atoms with E-state index in [2.05, 4.69) is 9.78 Å². The summed E-state index contributed by atoms with van der Waals surface area (Å²) in [5.74, 6) is -0.722. The van der Waals surface area contributed by atoms with E-state index in [0.29, 0.717) is 6.42 Å². The average Bonchev–Trinajstić information content (AvgIpc) is 1.87. The molecule has 0 bridgehead atoms. The summed E-state index contributed by atoms with van der Waals surface area (Å²) in [6.07, 6.45) is 0.363. The summed E-state index contributed by atoms with van der Waals surface area (Å²) in [7, 11) is 1.22. The fourth-order valence-corrected chi connectivity index (χ4v) is 0.270. The van der Waals surface area contributed by atoms with Crippen LogP contribution in [0.25, 0.3) is 0 Å². The van der Waals surface area contributed by atoms with Gasteiger partial charge >= 0.3 is 5.97 Å². The minimum atomic E-state index is -0.722. The SMILES string of the molecule is CCC(=N)C(=O)OOC. The molecule has 0 amide bonds. The molecule has 0 atom stereocenters. The van der Waals surface area contributed by atoms with Crippen LogP contribution in [0.2, 0.25) is 0 Å². The molecule has 0 spiro atoms. The lowest BCUT2D eigenvalue weighted by molar-refractivity contribution is -0.247. The summed E-state index contributed by atoms with van der Waals surface area (Å²) in [6, 6.07) is 0. The molecule has 0 aromatic rings. The molecule has 4 heteroatoms. The second-order valence-corrected chi connectivity index (χ2v) is 1.37. The van der Waals surface area contributed by atoms with E-state index in [1.807, 2.05) is 0 Å². The molecule has 4 nitrogen and oxygen atoms in total. The van der Waals surface area contributed by atoms with Gasteiger partial charge in [0.05, 0.1) is 7.11 Å². The maximum absolute atomic E-state index is 10.4. The Balaban J connectivity index is 3.60. The second-order valence-electron chi connectivity index (χ2n) is 1.37. The van der Waals surface area contributed by atoms with E-state index in [0.717, 1.165) is 0 Å². The largest absolute Gasteiger partial charge is 0.386 e. The van der Waals surface area contributed by atoms with Crippen LogP contribution >= 0.6 is 0 Å². The Bertz CT molecular complexity index is 121. The zero-order valence-electron chi connectivity index (χ0n) is 5.43. The number of hydrogen-bond acceptors (Lipinski definition) is 4. The van der Waals surface area contributed by atoms with Crippen LogP contribution in [-0.2, 0) is 14.6 Å². The summed E-state index contributed by atoms with van der Waals surface area (Å²) < 4.78 is 0. The van der Waals surface area contributed by atoms with Gasteiger partial charge in [0.15, 0.2) is 0 Å². The molecule has 9 heavy (non-hydrogen) atoms. The van der Waals surface area contributed by atoms with Gasteiger partial charge in [-0.05, 0) is 6.42 Å². The Kier molecular flexibility index (Phi) is 3.62. The van der Waals surface area contributed by atoms with Crippen molar-refractivity contribution in [3.63, 3.8) is 0 Å². The number of nitrogens with one attached hydrogen (secondary N) is 1. The lowest BCUT2D eigenvalue weighted by atomic mass is 10.3. The van der Waals surface area contributed by atoms with Crippen molar-refractivity contribution in [3.8, 4) is 0 Å². The molecule has 0 fully saturated rings. The van der Waals surface area contributed by atoms with Crippen LogP contribution in [0.4, 0.5) is 0 Å². The first kappa shape index (κ1) is 8.10. The maximum Gasteiger partial charge on any atom is 0.386 e. The van der Waals surface area contributed by atoms with Crippen LogP contribution < -0.4 is 0 Å². The van der Waals surface area contributed by atoms with Crippen LogP contribution in [0.1, 0.15) is 13.3 Å². The Hall–Kier alpha value is -0.900. The third-order valence-corrected chi connectivity index (χ3v) is 0.759. The van der Waals surface area contributed by atoms with Gasteiger partial charge in [-0.15, -0.1) is 0 Å². The van der Waals surface area contributed by atoms with Crippen molar-refractivity contribution in [2.24, 2.45) is 0 Å². The molecule has 0 aliphatic rings. The molecular formula is C5H9NO3. The first-order chi connectivity index (χ1) is 4.22. The number of hydrogen-bond donors (Lipinski definition) is 1. The molecule has 0 aliphatic heterocycles. The van der Waals surface area contributed by atoms with E-state index >= 15 is 0 Å². The van der Waals surface area contributed by atoms with Crippen LogP contribution in [0.15, 0.2) is 0 Å². The van der Waals surface area contributed by atoms with Gasteiger partial charge < -0.3 is 0 Å². The van der Waals surface area contributed by atoms with Crippen LogP contribution in [0, 0.1) is 5.41 Å². The van der Waals surface area contributed by atoms with Crippen molar-refractivity contribution in [1.29, 1.82) is 5.41 Å². The van der Waals surface area contributed by atoms with E-state index in [4.69, 9.17) is 5.41 Å². The predicted octanol–water partition coefficient (Wildman–Crippen LogP) is 0.521. The van der Waals surface area contributed by atoms with Gasteiger partial charge in [-0.2, -0.15) is 4.89 Å². The standard InChI is InChI=1S/C5H9NO3/c1-3-4(6)5(7)9-8-2/h6H,3H2,1-2H3. The molecule has 0 saturated heterocycles. The van der Waals surface area contributed by atoms with Crippen LogP contribution in [0.3, 0.4) is 0 Å². The second kappa shape index (κ2) is 4.03. The maximum atomic E-state index is 10.4. The average molecular weight is 131 g/mol. The van der Waals surface area contributed by atoms with Gasteiger partial charge in [-0.1, -0.05) is 6.92 Å². The quantitative estimate of drug-likeness (QED) is 0.345. The Labute approximate surface area is 53.2 Å². The third-order valence-electron chi connectivity index (χ3n) is 0.759. The van der Waals surface area contributed by atoms with Gasteiger partial charge in [0, 0.05) is 0 Å². The molecular weight excluding hydrogens is 122 g/mol. The monoisotopic (exact) mass is 131 g/mol. The normalized spacial score (nSPS) is 8.67. The van der Waals surface area contributed by atoms with E-state index in [1.165, 1.54) is 7.11 Å². The molecule has 0 aliphatic carbocycles. The minimum absolute atomic E-state index is 0.0862. The lowest BCUT2D eigenvalue weighted by Crippen LogP contribution is -2.14. The molecule has 1 N–H and O–H groups in total. The van der Waals surface area contributed by atoms with Crippen LogP contribution in [0.5, 0.6) is 0 Å². The fourth-order valence-electron chi connectivity index (χ4n) is 0.270. The fraction of sp³-hybridized carbons (Fsp3) is 0.600. The Morgan fingerprint density at radius 2 is 2.22 bits per heavy atom. The highest BCUT2D eigenvalue weighted by Crippen LogP contribution is 1.85. The van der Waals surface area contributed by atoms with Gasteiger partial charge in [-0.3, -0.25) is 10.3 Å². The van der Waals surface area contributed by atoms with Crippen molar-refractivity contribution in [1.82, 2.24) is 0 Å². The molecule has 0 aromatic heterocycles. The van der Waals surface area contributed by atoms with Gasteiger partial charge in [0.2, 0.25) is 0 Å². The zero-order chi connectivity index (χ0) is 7.28. The summed E-state index contributed by atoms with van der Waals surface area (Å²) >= 11 is 0. The topological polar surface area (TPSA) is 59.4 Å². The van der Waals surface area contributed by atoms with E-state index in [-0.39, 0.29) is 5.71 Å². The van der Waals surface area contributed by atoms with Crippen molar-refractivity contribution in [2.45, 2.75) is 13.3 Å². The number of carbonyl (C=O) groups is 1. The minimum Gasteiger partial charge on any atom is -0.298 e. The van der Waals surface area contributed by atoms with Crippen molar-refractivity contribution < 1.29 is 14.6 Å². The van der Waals surface area contributed by atoms with Gasteiger partial charge in [0.1, 0.15) is 5.71 Å². The first-order valence-electron chi connectivity index (χ1n) is 2.54. The van der Waals surface area contributed by atoms with E-state index in [9.17, 15) is 4.79 Å². The smallest absolute Gasteiger partial charge is 0.298 e. The Morgan fingerprint density at radius 1 is 1.67 bits per heavy atom. The zero-order valence-corrected chi connectivity index (χ0v) is 5.43. The summed E-state index contributed by atoms with van der Waals surface area (Å²) in [4.78, 5) is 18.5. The molecule has 0 unspecified atom stereocenters. The third kappa shape index (κ3) is 2.81. The van der Waals surface area contributed by atoms with E-state index in [1.54, 1.807) is 6.92 Å². The highest BCUT2D eigenvalue weighted by molar-refractivity contribution is 6.34. The molecule has 0 saturated carbocycles. The summed E-state index contributed by atoms with van der Waals surface area (Å²) in [5.41, 5.74) is -0.0862. The van der Waals surface area contributed by atoms with Gasteiger partial charge in [-0.25, -0.2) is 4.79 Å². The van der Waals surface area contributed by atoms with Crippen molar-refractivity contribution in [2.75, 3.05) is 7.11 Å². The summed E-state index contributed by atoms with van der Waals surface area (Å²) in [5, 5.41) is 6.89. The first-order valence-corrected chi connectivity index (χ1v) is 2.54. The van der Waals surface area contributed by atoms with Crippen LogP contribution in [-0.4, -0.2) is 18.8 Å². The van der Waals surface area contributed by atoms with E-state index < -0.39 is 5.97 Å². The van der Waals surface area contributed by atoms with Crippen molar-refractivity contribution in [3.05, 3.63) is 0 Å². The highest BCUT2D eigenvalue weighted by Gasteiger charge is 2.07. The molecule has 0 radical (unpaired) electrons. The summed E-state index contributed by atoms with van der Waals surface area (Å²) in [6.45, 7) is 1.69. The molecule has 0 rings (SSSR count). The molecule has 0 heterocycles. The molecule has 52 valence electrons. The number of rotatable bonds is 3. The Morgan fingerprint density at radius 3 is 2.56 bits per heavy atom. The highest BCUT2D eigenvalue weighted by atomic mass is 17.2. The van der Waals surface area contributed by atoms with Crippen molar-refractivity contribution >= 4 is 11.7 Å². The lowest BCUT2D eigenvalue weighted by Gasteiger charge is -1.96.